The van der Waals surface area contributed by atoms with Crippen LogP contribution in [0.15, 0.2) is 48.5 Å². The van der Waals surface area contributed by atoms with Crippen molar-refractivity contribution in [2.75, 3.05) is 19.6 Å². The van der Waals surface area contributed by atoms with Crippen LogP contribution < -0.4 is 0 Å². The Morgan fingerprint density at radius 2 is 1.85 bits per heavy atom. The molecule has 3 aliphatic heterocycles. The van der Waals surface area contributed by atoms with Gasteiger partial charge in [0.05, 0.1) is 11.7 Å². The summed E-state index contributed by atoms with van der Waals surface area (Å²) in [4.78, 5) is 5.52. The highest BCUT2D eigenvalue weighted by Gasteiger charge is 2.78. The molecule has 6 atom stereocenters. The zero-order valence-corrected chi connectivity index (χ0v) is 19.3. The van der Waals surface area contributed by atoms with E-state index in [1.54, 1.807) is 0 Å². The van der Waals surface area contributed by atoms with Crippen LogP contribution in [0.3, 0.4) is 0 Å². The second kappa shape index (κ2) is 6.62. The minimum absolute atomic E-state index is 0.0321. The Labute approximate surface area is 196 Å². The van der Waals surface area contributed by atoms with Gasteiger partial charge < -0.3 is 9.84 Å². The van der Waals surface area contributed by atoms with Gasteiger partial charge in [-0.1, -0.05) is 42.5 Å². The number of rotatable bonds is 4. The van der Waals surface area contributed by atoms with E-state index in [0.717, 1.165) is 44.8 Å². The number of hydrogen-bond donors (Lipinski definition) is 1. The summed E-state index contributed by atoms with van der Waals surface area (Å²) in [7, 11) is 0. The molecule has 2 saturated carbocycles. The molecule has 1 N–H and O–H groups in total. The second-order valence-electron chi connectivity index (χ2n) is 11.8. The summed E-state index contributed by atoms with van der Waals surface area (Å²) in [5.41, 5.74) is 3.91. The predicted octanol–water partition coefficient (Wildman–Crippen LogP) is 4.10. The van der Waals surface area contributed by atoms with Gasteiger partial charge in [-0.3, -0.25) is 9.80 Å². The number of ether oxygens (including phenoxy) is 1. The van der Waals surface area contributed by atoms with E-state index in [0.29, 0.717) is 23.8 Å². The third-order valence-electron chi connectivity index (χ3n) is 10.4. The number of hydrogen-bond acceptors (Lipinski definition) is 4. The maximum absolute atomic E-state index is 11.3. The zero-order chi connectivity index (χ0) is 21.8. The van der Waals surface area contributed by atoms with Crippen molar-refractivity contribution in [2.45, 2.75) is 74.3 Å². The van der Waals surface area contributed by atoms with Gasteiger partial charge in [-0.15, -0.1) is 0 Å². The van der Waals surface area contributed by atoms with Gasteiger partial charge in [0.2, 0.25) is 0 Å². The highest BCUT2D eigenvalue weighted by molar-refractivity contribution is 5.55. The molecule has 5 fully saturated rings. The van der Waals surface area contributed by atoms with Gasteiger partial charge in [0, 0.05) is 48.6 Å². The summed E-state index contributed by atoms with van der Waals surface area (Å²) in [6, 6.07) is 18.3. The lowest BCUT2D eigenvalue weighted by Gasteiger charge is -2.64. The molecule has 0 radical (unpaired) electrons. The Balaban J connectivity index is 1.25. The molecular weight excluding hydrogens is 408 g/mol. The lowest BCUT2D eigenvalue weighted by Crippen LogP contribution is -2.74. The molecule has 33 heavy (non-hydrogen) atoms. The van der Waals surface area contributed by atoms with Crippen LogP contribution in [0.2, 0.25) is 0 Å². The van der Waals surface area contributed by atoms with Crippen molar-refractivity contribution in [1.29, 1.82) is 0 Å². The molecule has 3 heterocycles. The first kappa shape index (κ1) is 19.4. The van der Waals surface area contributed by atoms with E-state index in [-0.39, 0.29) is 17.1 Å². The summed E-state index contributed by atoms with van der Waals surface area (Å²) in [5, 5.41) is 11.3. The van der Waals surface area contributed by atoms with E-state index in [9.17, 15) is 5.11 Å². The summed E-state index contributed by atoms with van der Waals surface area (Å²) in [6.07, 6.45) is 7.63. The molecule has 3 aliphatic carbocycles. The minimum atomic E-state index is -0.114. The summed E-state index contributed by atoms with van der Waals surface area (Å²) < 4.78 is 7.34. The van der Waals surface area contributed by atoms with Crippen LogP contribution in [0.5, 0.6) is 5.75 Å². The topological polar surface area (TPSA) is 35.9 Å². The third-order valence-corrected chi connectivity index (χ3v) is 10.4. The van der Waals surface area contributed by atoms with E-state index in [1.165, 1.54) is 42.5 Å². The van der Waals surface area contributed by atoms with E-state index >= 15 is 0 Å². The highest BCUT2D eigenvalue weighted by Crippen LogP contribution is 2.70. The fraction of sp³-hybridized carbons (Fsp3) is 0.586. The van der Waals surface area contributed by atoms with Crippen molar-refractivity contribution >= 4 is 0 Å². The Kier molecular flexibility index (Phi) is 3.90. The van der Waals surface area contributed by atoms with Gasteiger partial charge in [-0.25, -0.2) is 0 Å². The van der Waals surface area contributed by atoms with Crippen LogP contribution in [0.4, 0.5) is 0 Å². The van der Waals surface area contributed by atoms with Crippen molar-refractivity contribution in [2.24, 2.45) is 11.8 Å². The summed E-state index contributed by atoms with van der Waals surface area (Å²) in [6.45, 7) is 4.45. The Morgan fingerprint density at radius 1 is 0.970 bits per heavy atom. The molecule has 172 valence electrons. The SMILES string of the molecule is Oc1cccc2c1[C@]13CCN(CC4CC4)[C@H](C2)[C@]12CC[C@@H]1[C@H]3[C@@H](CN1Cc1ccccc1)O2. The average Bonchev–Trinajstić information content (AvgIpc) is 3.53. The van der Waals surface area contributed by atoms with Crippen LogP contribution in [0.1, 0.15) is 48.8 Å². The highest BCUT2D eigenvalue weighted by atomic mass is 16.5. The monoisotopic (exact) mass is 442 g/mol. The normalized spacial score (nSPS) is 41.1. The molecule has 4 nitrogen and oxygen atoms in total. The van der Waals surface area contributed by atoms with Crippen LogP contribution in [-0.2, 0) is 23.1 Å². The number of piperidine rings is 1. The molecule has 0 aromatic heterocycles. The largest absolute Gasteiger partial charge is 0.508 e. The number of phenolic OH excluding ortho intramolecular Hbond substituents is 1. The van der Waals surface area contributed by atoms with Gasteiger partial charge in [0.25, 0.3) is 0 Å². The lowest BCUT2D eigenvalue weighted by atomic mass is 9.46. The van der Waals surface area contributed by atoms with E-state index in [1.807, 2.05) is 6.07 Å². The second-order valence-corrected chi connectivity index (χ2v) is 11.8. The smallest absolute Gasteiger partial charge is 0.119 e. The first-order valence-corrected chi connectivity index (χ1v) is 13.2. The average molecular weight is 443 g/mol. The minimum Gasteiger partial charge on any atom is -0.508 e. The van der Waals surface area contributed by atoms with Crippen molar-refractivity contribution in [1.82, 2.24) is 9.80 Å². The first-order chi connectivity index (χ1) is 16.2. The van der Waals surface area contributed by atoms with Crippen molar-refractivity contribution in [3.63, 3.8) is 0 Å². The molecule has 6 aliphatic rings. The van der Waals surface area contributed by atoms with Gasteiger partial charge in [-0.2, -0.15) is 0 Å². The molecule has 0 unspecified atom stereocenters. The van der Waals surface area contributed by atoms with Gasteiger partial charge in [-0.05, 0) is 68.2 Å². The summed E-state index contributed by atoms with van der Waals surface area (Å²) in [5.74, 6) is 1.92. The van der Waals surface area contributed by atoms with Crippen LogP contribution >= 0.6 is 0 Å². The van der Waals surface area contributed by atoms with E-state index < -0.39 is 0 Å². The molecule has 0 spiro atoms. The molecule has 8 rings (SSSR count). The quantitative estimate of drug-likeness (QED) is 0.773. The van der Waals surface area contributed by atoms with Gasteiger partial charge in [0.1, 0.15) is 5.75 Å². The number of benzene rings is 2. The molecule has 2 aromatic rings. The van der Waals surface area contributed by atoms with Crippen LogP contribution in [0, 0.1) is 11.8 Å². The van der Waals surface area contributed by atoms with E-state index in [2.05, 4.69) is 52.3 Å². The fourth-order valence-corrected chi connectivity index (χ4v) is 9.19. The maximum Gasteiger partial charge on any atom is 0.119 e. The zero-order valence-electron chi connectivity index (χ0n) is 19.3. The number of phenols is 1. The lowest BCUT2D eigenvalue weighted by molar-refractivity contribution is -0.174. The van der Waals surface area contributed by atoms with Crippen molar-refractivity contribution in [3.05, 3.63) is 65.2 Å². The van der Waals surface area contributed by atoms with Gasteiger partial charge in [0.15, 0.2) is 0 Å². The van der Waals surface area contributed by atoms with E-state index in [4.69, 9.17) is 4.74 Å². The Hall–Kier alpha value is -1.88. The van der Waals surface area contributed by atoms with Crippen molar-refractivity contribution < 1.29 is 9.84 Å². The number of aromatic hydroxyl groups is 1. The molecule has 2 aromatic carbocycles. The van der Waals surface area contributed by atoms with Crippen molar-refractivity contribution in [3.8, 4) is 5.75 Å². The number of likely N-dealkylation sites (tertiary alicyclic amines) is 2. The van der Waals surface area contributed by atoms with Crippen LogP contribution in [-0.4, -0.2) is 58.3 Å². The standard InChI is InChI=1S/C29H34N2O2/c32-23-8-4-7-21-15-25-29-12-11-22-27(24(33-29)18-31(22)17-19-5-2-1-3-6-19)28(29,26(21)23)13-14-30(25)16-20-9-10-20/h1-8,20,22,24-25,27,32H,9-18H2/t22-,24-,25-,27+,28+,29-/m1/s1. The fourth-order valence-electron chi connectivity index (χ4n) is 9.19. The molecule has 0 amide bonds. The molecule has 4 bridgehead atoms. The predicted molar refractivity (Wildman–Crippen MR) is 127 cm³/mol. The molecular formula is C29H34N2O2. The Morgan fingerprint density at radius 3 is 2.70 bits per heavy atom. The van der Waals surface area contributed by atoms with Crippen LogP contribution in [0.25, 0.3) is 0 Å². The molecule has 4 heteroatoms. The Bertz CT molecular complexity index is 1100. The number of nitrogens with zero attached hydrogens (tertiary/aromatic N) is 2. The summed E-state index contributed by atoms with van der Waals surface area (Å²) >= 11 is 0. The molecule has 3 saturated heterocycles. The third kappa shape index (κ3) is 2.42. The number of fused-ring (bicyclic) bond motifs is 1. The van der Waals surface area contributed by atoms with Gasteiger partial charge >= 0.3 is 0 Å². The maximum atomic E-state index is 11.3. The first-order valence-electron chi connectivity index (χ1n) is 13.2.